The van der Waals surface area contributed by atoms with Crippen molar-refractivity contribution in [3.05, 3.63) is 35.4 Å². The number of nitrogens with two attached hydrogens (primary N) is 1. The number of nitrogens with one attached hydrogen (secondary N) is 1. The molecule has 0 saturated heterocycles. The lowest BCUT2D eigenvalue weighted by Gasteiger charge is -2.07. The van der Waals surface area contributed by atoms with Gasteiger partial charge in [-0.25, -0.2) is 0 Å². The van der Waals surface area contributed by atoms with Crippen LogP contribution in [0.2, 0.25) is 0 Å². The summed E-state index contributed by atoms with van der Waals surface area (Å²) in [6.45, 7) is 2.40. The zero-order chi connectivity index (χ0) is 12.7. The van der Waals surface area contributed by atoms with Crippen LogP contribution in [0, 0.1) is 0 Å². The lowest BCUT2D eigenvalue weighted by molar-refractivity contribution is -0.121. The van der Waals surface area contributed by atoms with Gasteiger partial charge < -0.3 is 16.2 Å². The van der Waals surface area contributed by atoms with Gasteiger partial charge in [-0.1, -0.05) is 24.3 Å². The zero-order valence-corrected chi connectivity index (χ0v) is 10.1. The van der Waals surface area contributed by atoms with Gasteiger partial charge in [-0.15, -0.1) is 0 Å². The molecule has 1 amide bonds. The van der Waals surface area contributed by atoms with Gasteiger partial charge in [-0.3, -0.25) is 4.79 Å². The smallest absolute Gasteiger partial charge is 0.220 e. The van der Waals surface area contributed by atoms with Crippen molar-refractivity contribution in [1.29, 1.82) is 0 Å². The van der Waals surface area contributed by atoms with Crippen molar-refractivity contribution in [2.75, 3.05) is 0 Å². The highest BCUT2D eigenvalue weighted by molar-refractivity contribution is 5.75. The minimum Gasteiger partial charge on any atom is -0.392 e. The van der Waals surface area contributed by atoms with Gasteiger partial charge in [0.15, 0.2) is 0 Å². The molecule has 0 aliphatic carbocycles. The third-order valence-electron chi connectivity index (χ3n) is 2.49. The first-order valence-corrected chi connectivity index (χ1v) is 5.82. The number of hydrogen-bond acceptors (Lipinski definition) is 3. The molecule has 17 heavy (non-hydrogen) atoms. The molecule has 0 bridgehead atoms. The molecular weight excluding hydrogens is 216 g/mol. The summed E-state index contributed by atoms with van der Waals surface area (Å²) < 4.78 is 0. The summed E-state index contributed by atoms with van der Waals surface area (Å²) in [6, 6.07) is 7.58. The summed E-state index contributed by atoms with van der Waals surface area (Å²) in [5, 5.41) is 11.8. The lowest BCUT2D eigenvalue weighted by Crippen LogP contribution is -2.25. The van der Waals surface area contributed by atoms with E-state index in [4.69, 9.17) is 10.8 Å². The fraction of sp³-hybridized carbons (Fsp3) is 0.462. The largest absolute Gasteiger partial charge is 0.392 e. The van der Waals surface area contributed by atoms with Crippen molar-refractivity contribution >= 4 is 5.91 Å². The Morgan fingerprint density at radius 2 is 2.18 bits per heavy atom. The Balaban J connectivity index is 2.36. The maximum atomic E-state index is 11.5. The molecule has 0 aromatic heterocycles. The Kier molecular flexibility index (Phi) is 5.66. The normalized spacial score (nSPS) is 12.2. The maximum Gasteiger partial charge on any atom is 0.220 e. The Hall–Kier alpha value is -1.39. The van der Waals surface area contributed by atoms with E-state index in [1.807, 2.05) is 31.2 Å². The summed E-state index contributed by atoms with van der Waals surface area (Å²) >= 11 is 0. The fourth-order valence-corrected chi connectivity index (χ4v) is 1.49. The van der Waals surface area contributed by atoms with Gasteiger partial charge in [-0.05, 0) is 24.5 Å². The van der Waals surface area contributed by atoms with Crippen LogP contribution in [0.25, 0.3) is 0 Å². The SMILES string of the molecule is CC(N)CCC(=O)NCc1cccc(CO)c1. The van der Waals surface area contributed by atoms with Crippen LogP contribution >= 0.6 is 0 Å². The van der Waals surface area contributed by atoms with Gasteiger partial charge >= 0.3 is 0 Å². The van der Waals surface area contributed by atoms with Crippen LogP contribution in [0.3, 0.4) is 0 Å². The topological polar surface area (TPSA) is 75.4 Å². The number of rotatable bonds is 6. The van der Waals surface area contributed by atoms with Gasteiger partial charge in [0.05, 0.1) is 6.61 Å². The minimum atomic E-state index is 0.0108. The predicted octanol–water partition coefficient (Wildman–Crippen LogP) is 0.922. The van der Waals surface area contributed by atoms with Crippen LogP contribution in [0.1, 0.15) is 30.9 Å². The summed E-state index contributed by atoms with van der Waals surface area (Å²) in [5.41, 5.74) is 7.42. The maximum absolute atomic E-state index is 11.5. The molecule has 0 aliphatic rings. The van der Waals surface area contributed by atoms with E-state index in [-0.39, 0.29) is 18.6 Å². The van der Waals surface area contributed by atoms with Crippen molar-refractivity contribution in [1.82, 2.24) is 5.32 Å². The molecule has 1 aromatic rings. The van der Waals surface area contributed by atoms with Crippen molar-refractivity contribution in [3.8, 4) is 0 Å². The van der Waals surface area contributed by atoms with Gasteiger partial charge in [0.25, 0.3) is 0 Å². The second-order valence-electron chi connectivity index (χ2n) is 4.27. The summed E-state index contributed by atoms with van der Waals surface area (Å²) in [5.74, 6) is 0.0108. The predicted molar refractivity (Wildman–Crippen MR) is 67.1 cm³/mol. The van der Waals surface area contributed by atoms with Crippen LogP contribution in [-0.2, 0) is 17.9 Å². The van der Waals surface area contributed by atoms with E-state index in [1.54, 1.807) is 0 Å². The molecule has 1 unspecified atom stereocenters. The van der Waals surface area contributed by atoms with Gasteiger partial charge in [0, 0.05) is 19.0 Å². The van der Waals surface area contributed by atoms with Gasteiger partial charge in [0.2, 0.25) is 5.91 Å². The standard InChI is InChI=1S/C13H20N2O2/c1-10(14)5-6-13(17)15-8-11-3-2-4-12(7-11)9-16/h2-4,7,10,16H,5-6,8-9,14H2,1H3,(H,15,17). The molecule has 0 radical (unpaired) electrons. The van der Waals surface area contributed by atoms with Crippen LogP contribution in [0.4, 0.5) is 0 Å². The fourth-order valence-electron chi connectivity index (χ4n) is 1.49. The first-order chi connectivity index (χ1) is 8.11. The number of carbonyl (C=O) groups excluding carboxylic acids is 1. The first kappa shape index (κ1) is 13.7. The lowest BCUT2D eigenvalue weighted by atomic mass is 10.1. The highest BCUT2D eigenvalue weighted by Crippen LogP contribution is 2.05. The average molecular weight is 236 g/mol. The van der Waals surface area contributed by atoms with Crippen molar-refractivity contribution in [3.63, 3.8) is 0 Å². The molecule has 0 aliphatic heterocycles. The molecule has 1 rings (SSSR count). The second-order valence-corrected chi connectivity index (χ2v) is 4.27. The van der Waals surface area contributed by atoms with Gasteiger partial charge in [-0.2, -0.15) is 0 Å². The van der Waals surface area contributed by atoms with Crippen LogP contribution in [-0.4, -0.2) is 17.1 Å². The summed E-state index contributed by atoms with van der Waals surface area (Å²) in [7, 11) is 0. The number of aliphatic hydroxyl groups excluding tert-OH is 1. The zero-order valence-electron chi connectivity index (χ0n) is 10.1. The van der Waals surface area contributed by atoms with Crippen molar-refractivity contribution in [2.24, 2.45) is 5.73 Å². The van der Waals surface area contributed by atoms with E-state index >= 15 is 0 Å². The first-order valence-electron chi connectivity index (χ1n) is 5.82. The van der Waals surface area contributed by atoms with E-state index < -0.39 is 0 Å². The Labute approximate surface area is 102 Å². The van der Waals surface area contributed by atoms with E-state index in [1.165, 1.54) is 0 Å². The number of benzene rings is 1. The molecule has 1 aromatic carbocycles. The summed E-state index contributed by atoms with van der Waals surface area (Å²) in [6.07, 6.45) is 1.15. The van der Waals surface area contributed by atoms with Crippen LogP contribution < -0.4 is 11.1 Å². The van der Waals surface area contributed by atoms with E-state index in [2.05, 4.69) is 5.32 Å². The highest BCUT2D eigenvalue weighted by atomic mass is 16.3. The molecule has 1 atom stereocenters. The van der Waals surface area contributed by atoms with Crippen molar-refractivity contribution < 1.29 is 9.90 Å². The van der Waals surface area contributed by atoms with E-state index in [0.29, 0.717) is 19.4 Å². The Morgan fingerprint density at radius 3 is 2.82 bits per heavy atom. The second kappa shape index (κ2) is 7.04. The molecule has 0 saturated carbocycles. The number of aliphatic hydroxyl groups is 1. The quantitative estimate of drug-likeness (QED) is 0.687. The minimum absolute atomic E-state index is 0.0108. The van der Waals surface area contributed by atoms with Crippen LogP contribution in [0.5, 0.6) is 0 Å². The van der Waals surface area contributed by atoms with Crippen molar-refractivity contribution in [2.45, 2.75) is 39.0 Å². The number of hydrogen-bond donors (Lipinski definition) is 3. The molecule has 0 spiro atoms. The summed E-state index contributed by atoms with van der Waals surface area (Å²) in [4.78, 5) is 11.5. The monoisotopic (exact) mass is 236 g/mol. The van der Waals surface area contributed by atoms with E-state index in [9.17, 15) is 4.79 Å². The molecule has 4 heteroatoms. The third kappa shape index (κ3) is 5.47. The molecule has 0 fully saturated rings. The van der Waals surface area contributed by atoms with Crippen LogP contribution in [0.15, 0.2) is 24.3 Å². The third-order valence-corrected chi connectivity index (χ3v) is 2.49. The van der Waals surface area contributed by atoms with E-state index in [0.717, 1.165) is 11.1 Å². The molecule has 4 nitrogen and oxygen atoms in total. The average Bonchev–Trinajstić information content (AvgIpc) is 2.34. The number of carbonyl (C=O) groups is 1. The molecular formula is C13H20N2O2. The Bertz CT molecular complexity index is 364. The van der Waals surface area contributed by atoms with Gasteiger partial charge in [0.1, 0.15) is 0 Å². The highest BCUT2D eigenvalue weighted by Gasteiger charge is 2.03. The molecule has 4 N–H and O–H groups in total. The molecule has 94 valence electrons. The Morgan fingerprint density at radius 1 is 1.47 bits per heavy atom. The molecule has 0 heterocycles. The number of amides is 1.